The fourth-order valence-electron chi connectivity index (χ4n) is 3.68. The van der Waals surface area contributed by atoms with Crippen LogP contribution in [0, 0.1) is 0 Å². The van der Waals surface area contributed by atoms with Gasteiger partial charge in [0, 0.05) is 35.3 Å². The van der Waals surface area contributed by atoms with E-state index in [2.05, 4.69) is 15.4 Å². The van der Waals surface area contributed by atoms with Crippen molar-refractivity contribution in [2.45, 2.75) is 18.7 Å². The van der Waals surface area contributed by atoms with Crippen LogP contribution in [0.5, 0.6) is 5.75 Å². The molecule has 5 rings (SSSR count). The molecule has 0 aliphatic carbocycles. The fraction of sp³-hybridized carbons (Fsp3) is 0.238. The Kier molecular flexibility index (Phi) is 4.16. The Labute approximate surface area is 164 Å². The highest BCUT2D eigenvalue weighted by Gasteiger charge is 2.31. The number of pyridine rings is 2. The van der Waals surface area contributed by atoms with Crippen LogP contribution >= 0.6 is 0 Å². The number of alkyl halides is 3. The van der Waals surface area contributed by atoms with Crippen molar-refractivity contribution in [1.82, 2.24) is 19.9 Å². The molecule has 4 heterocycles. The molecule has 8 heteroatoms. The minimum absolute atomic E-state index is 0.101. The molecule has 1 aliphatic heterocycles. The monoisotopic (exact) mass is 398 g/mol. The predicted octanol–water partition coefficient (Wildman–Crippen LogP) is 4.31. The topological polar surface area (TPSA) is 51.5 Å². The zero-order chi connectivity index (χ0) is 20.0. The van der Waals surface area contributed by atoms with Crippen LogP contribution in [0.15, 0.2) is 55.1 Å². The fourth-order valence-corrected chi connectivity index (χ4v) is 3.68. The molecule has 1 N–H and O–H groups in total. The molecule has 0 radical (unpaired) electrons. The van der Waals surface area contributed by atoms with Crippen molar-refractivity contribution >= 4 is 16.3 Å². The molecular weight excluding hydrogens is 381 g/mol. The van der Waals surface area contributed by atoms with E-state index >= 15 is 0 Å². The van der Waals surface area contributed by atoms with Crippen molar-refractivity contribution in [1.29, 1.82) is 0 Å². The first-order chi connectivity index (χ1) is 14.0. The molecule has 1 atom stereocenters. The van der Waals surface area contributed by atoms with Crippen LogP contribution in [-0.4, -0.2) is 33.8 Å². The summed E-state index contributed by atoms with van der Waals surface area (Å²) < 4.78 is 46.3. The van der Waals surface area contributed by atoms with Gasteiger partial charge in [0.2, 0.25) is 0 Å². The summed E-state index contributed by atoms with van der Waals surface area (Å²) in [5.74, 6) is 0.703. The van der Waals surface area contributed by atoms with Crippen molar-refractivity contribution < 1.29 is 17.9 Å². The summed E-state index contributed by atoms with van der Waals surface area (Å²) in [6.45, 7) is 1.72. The zero-order valence-corrected chi connectivity index (χ0v) is 15.3. The van der Waals surface area contributed by atoms with Crippen molar-refractivity contribution in [3.63, 3.8) is 0 Å². The third kappa shape index (κ3) is 3.29. The van der Waals surface area contributed by atoms with E-state index in [4.69, 9.17) is 4.74 Å². The maximum atomic E-state index is 13.0. The van der Waals surface area contributed by atoms with Crippen LogP contribution in [0.25, 0.3) is 27.4 Å². The van der Waals surface area contributed by atoms with Crippen LogP contribution in [0.3, 0.4) is 0 Å². The van der Waals surface area contributed by atoms with Crippen molar-refractivity contribution in [3.8, 4) is 16.9 Å². The van der Waals surface area contributed by atoms with E-state index in [0.717, 1.165) is 53.7 Å². The van der Waals surface area contributed by atoms with Gasteiger partial charge in [-0.15, -0.1) is 0 Å². The summed E-state index contributed by atoms with van der Waals surface area (Å²) >= 11 is 0. The SMILES string of the molecule is FC(F)(F)c1ccc2c(-c3ccc4cncc(O[C@H]5CCNC5)c4c3)cnn2c1. The predicted molar refractivity (Wildman–Crippen MR) is 103 cm³/mol. The number of benzene rings is 1. The Bertz CT molecular complexity index is 1200. The minimum Gasteiger partial charge on any atom is -0.487 e. The molecule has 4 aromatic rings. The van der Waals surface area contributed by atoms with E-state index in [9.17, 15) is 13.2 Å². The van der Waals surface area contributed by atoms with Crippen LogP contribution in [-0.2, 0) is 6.18 Å². The lowest BCUT2D eigenvalue weighted by Gasteiger charge is -2.14. The van der Waals surface area contributed by atoms with Gasteiger partial charge in [0.15, 0.2) is 0 Å². The Morgan fingerprint density at radius 2 is 2.00 bits per heavy atom. The number of hydrogen-bond donors (Lipinski definition) is 1. The highest BCUT2D eigenvalue weighted by molar-refractivity contribution is 5.93. The van der Waals surface area contributed by atoms with E-state index in [1.165, 1.54) is 10.6 Å². The summed E-state index contributed by atoms with van der Waals surface area (Å²) in [6.07, 6.45) is 2.69. The van der Waals surface area contributed by atoms with Crippen LogP contribution in [0.1, 0.15) is 12.0 Å². The molecular formula is C21H17F3N4O. The third-order valence-corrected chi connectivity index (χ3v) is 5.19. The number of halogens is 3. The molecule has 1 saturated heterocycles. The maximum Gasteiger partial charge on any atom is 0.417 e. The second kappa shape index (κ2) is 6.73. The number of nitrogens with one attached hydrogen (secondary N) is 1. The maximum absolute atomic E-state index is 13.0. The second-order valence-corrected chi connectivity index (χ2v) is 7.11. The van der Waals surface area contributed by atoms with Gasteiger partial charge in [-0.2, -0.15) is 18.3 Å². The molecule has 29 heavy (non-hydrogen) atoms. The van der Waals surface area contributed by atoms with Crippen LogP contribution in [0.4, 0.5) is 13.2 Å². The number of nitrogens with zero attached hydrogens (tertiary/aromatic N) is 3. The van der Waals surface area contributed by atoms with Crippen LogP contribution in [0.2, 0.25) is 0 Å². The van der Waals surface area contributed by atoms with E-state index in [1.807, 2.05) is 18.2 Å². The van der Waals surface area contributed by atoms with E-state index in [0.29, 0.717) is 11.3 Å². The standard InChI is InChI=1S/C21H17F3N4O/c22-21(23,24)15-3-4-19-18(10-27-28(19)12-15)13-1-2-14-8-26-11-20(17(14)7-13)29-16-5-6-25-9-16/h1-4,7-8,10-12,16,25H,5-6,9H2/t16-/m0/s1. The lowest BCUT2D eigenvalue weighted by atomic mass is 10.0. The van der Waals surface area contributed by atoms with Gasteiger partial charge in [-0.1, -0.05) is 12.1 Å². The number of hydrogen-bond acceptors (Lipinski definition) is 4. The Hall–Kier alpha value is -3.13. The molecule has 1 fully saturated rings. The number of rotatable bonds is 3. The quantitative estimate of drug-likeness (QED) is 0.559. The highest BCUT2D eigenvalue weighted by Crippen LogP contribution is 2.34. The lowest BCUT2D eigenvalue weighted by Crippen LogP contribution is -2.19. The molecule has 1 aromatic carbocycles. The summed E-state index contributed by atoms with van der Waals surface area (Å²) in [5, 5.41) is 9.24. The van der Waals surface area contributed by atoms with Gasteiger partial charge >= 0.3 is 6.18 Å². The molecule has 0 spiro atoms. The van der Waals surface area contributed by atoms with Gasteiger partial charge in [-0.25, -0.2) is 4.52 Å². The highest BCUT2D eigenvalue weighted by atomic mass is 19.4. The first-order valence-corrected chi connectivity index (χ1v) is 9.29. The zero-order valence-electron chi connectivity index (χ0n) is 15.3. The lowest BCUT2D eigenvalue weighted by molar-refractivity contribution is -0.137. The molecule has 1 aliphatic rings. The average Bonchev–Trinajstić information content (AvgIpc) is 3.36. The van der Waals surface area contributed by atoms with Gasteiger partial charge in [0.25, 0.3) is 0 Å². The Balaban J connectivity index is 1.58. The van der Waals surface area contributed by atoms with Gasteiger partial charge in [0.05, 0.1) is 23.5 Å². The van der Waals surface area contributed by atoms with E-state index < -0.39 is 11.7 Å². The number of aromatic nitrogens is 3. The Morgan fingerprint density at radius 1 is 1.10 bits per heavy atom. The largest absolute Gasteiger partial charge is 0.487 e. The molecule has 0 bridgehead atoms. The van der Waals surface area contributed by atoms with E-state index in [1.54, 1.807) is 18.6 Å². The van der Waals surface area contributed by atoms with Gasteiger partial charge in [-0.3, -0.25) is 4.98 Å². The summed E-state index contributed by atoms with van der Waals surface area (Å²) in [5.41, 5.74) is 1.48. The first kappa shape index (κ1) is 17.9. The molecule has 148 valence electrons. The third-order valence-electron chi connectivity index (χ3n) is 5.19. The smallest absolute Gasteiger partial charge is 0.417 e. The first-order valence-electron chi connectivity index (χ1n) is 9.29. The molecule has 5 nitrogen and oxygen atoms in total. The van der Waals surface area contributed by atoms with Gasteiger partial charge < -0.3 is 10.1 Å². The normalized spacial score (nSPS) is 17.3. The summed E-state index contributed by atoms with van der Waals surface area (Å²) in [4.78, 5) is 4.26. The molecule has 0 amide bonds. The van der Waals surface area contributed by atoms with Gasteiger partial charge in [-0.05, 0) is 36.7 Å². The van der Waals surface area contributed by atoms with Crippen LogP contribution < -0.4 is 10.1 Å². The van der Waals surface area contributed by atoms with Crippen molar-refractivity contribution in [3.05, 3.63) is 60.7 Å². The number of ether oxygens (including phenoxy) is 1. The molecule has 3 aromatic heterocycles. The molecule has 0 saturated carbocycles. The van der Waals surface area contributed by atoms with Crippen molar-refractivity contribution in [2.24, 2.45) is 0 Å². The van der Waals surface area contributed by atoms with E-state index in [-0.39, 0.29) is 6.10 Å². The molecule has 0 unspecified atom stereocenters. The number of fused-ring (bicyclic) bond motifs is 2. The summed E-state index contributed by atoms with van der Waals surface area (Å²) in [6, 6.07) is 8.35. The minimum atomic E-state index is -4.41. The summed E-state index contributed by atoms with van der Waals surface area (Å²) in [7, 11) is 0. The van der Waals surface area contributed by atoms with Gasteiger partial charge in [0.1, 0.15) is 11.9 Å². The Morgan fingerprint density at radius 3 is 2.79 bits per heavy atom. The van der Waals surface area contributed by atoms with Crippen molar-refractivity contribution in [2.75, 3.05) is 13.1 Å². The average molecular weight is 398 g/mol. The second-order valence-electron chi connectivity index (χ2n) is 7.11.